The van der Waals surface area contributed by atoms with Gasteiger partial charge in [0.1, 0.15) is 5.69 Å². The number of aromatic nitrogens is 2. The molecule has 0 unspecified atom stereocenters. The number of nitrogens with one attached hydrogen (secondary N) is 1. The van der Waals surface area contributed by atoms with Gasteiger partial charge in [0.2, 0.25) is 27.7 Å². The molecule has 1 aliphatic rings. The maximum absolute atomic E-state index is 13.5. The Morgan fingerprint density at radius 1 is 1.00 bits per heavy atom. The third-order valence-electron chi connectivity index (χ3n) is 5.21. The Labute approximate surface area is 209 Å². The van der Waals surface area contributed by atoms with Crippen molar-refractivity contribution < 1.29 is 45.3 Å². The van der Waals surface area contributed by atoms with E-state index in [-0.39, 0.29) is 23.8 Å². The number of hydrogen-bond acceptors (Lipinski definition) is 9. The SMILES string of the molecule is COc1ccc(NC(=O)CCS(=O)(=O)c2nc(-c3ccc4c(c3)OCO4)cc(C(F)(F)F)n2)cc1OC. The molecule has 0 aliphatic carbocycles. The molecule has 0 fully saturated rings. The van der Waals surface area contributed by atoms with E-state index in [1.807, 2.05) is 0 Å². The van der Waals surface area contributed by atoms with Crippen molar-refractivity contribution in [3.63, 3.8) is 0 Å². The molecule has 2 aromatic carbocycles. The molecular weight excluding hydrogens is 519 g/mol. The molecular formula is C23H20F3N3O7S. The predicted molar refractivity (Wildman–Crippen MR) is 123 cm³/mol. The minimum absolute atomic E-state index is 0.0542. The molecule has 2 heterocycles. The summed E-state index contributed by atoms with van der Waals surface area (Å²) in [5.74, 6) is -0.0974. The molecule has 10 nitrogen and oxygen atoms in total. The number of halogens is 3. The molecule has 0 radical (unpaired) electrons. The zero-order valence-electron chi connectivity index (χ0n) is 19.5. The first kappa shape index (κ1) is 26.0. The average Bonchev–Trinajstić information content (AvgIpc) is 3.35. The van der Waals surface area contributed by atoms with Gasteiger partial charge in [0, 0.05) is 23.7 Å². The van der Waals surface area contributed by atoms with Gasteiger partial charge in [-0.3, -0.25) is 4.79 Å². The number of nitrogens with zero attached hydrogens (tertiary/aromatic N) is 2. The van der Waals surface area contributed by atoms with Crippen molar-refractivity contribution in [2.75, 3.05) is 32.1 Å². The molecule has 1 amide bonds. The molecule has 14 heteroatoms. The quantitative estimate of drug-likeness (QED) is 0.426. The van der Waals surface area contributed by atoms with Crippen molar-refractivity contribution in [1.29, 1.82) is 0 Å². The standard InChI is InChI=1S/C23H20F3N3O7S/c1-33-16-6-4-14(10-18(16)34-2)27-21(30)7-8-37(31,32)22-28-15(11-20(29-22)23(24,25)26)13-3-5-17-19(9-13)36-12-35-17/h3-6,9-11H,7-8,12H2,1-2H3,(H,27,30). The number of benzene rings is 2. The number of rotatable bonds is 8. The predicted octanol–water partition coefficient (Wildman–Crippen LogP) is 3.71. The van der Waals surface area contributed by atoms with Crippen LogP contribution in [0, 0.1) is 0 Å². The first-order valence-corrected chi connectivity index (χ1v) is 12.3. The van der Waals surface area contributed by atoms with Gasteiger partial charge >= 0.3 is 6.18 Å². The molecule has 0 saturated carbocycles. The van der Waals surface area contributed by atoms with Gasteiger partial charge in [0.25, 0.3) is 0 Å². The molecule has 37 heavy (non-hydrogen) atoms. The molecule has 3 aromatic rings. The third-order valence-corrected chi connectivity index (χ3v) is 6.69. The van der Waals surface area contributed by atoms with Gasteiger partial charge in [-0.2, -0.15) is 13.2 Å². The second-order valence-corrected chi connectivity index (χ2v) is 9.68. The fourth-order valence-electron chi connectivity index (χ4n) is 3.37. The molecule has 0 spiro atoms. The highest BCUT2D eigenvalue weighted by Gasteiger charge is 2.35. The number of carbonyl (C=O) groups excluding carboxylic acids is 1. The van der Waals surface area contributed by atoms with Crippen LogP contribution in [-0.4, -0.2) is 51.1 Å². The van der Waals surface area contributed by atoms with Crippen molar-refractivity contribution in [1.82, 2.24) is 9.97 Å². The summed E-state index contributed by atoms with van der Waals surface area (Å²) in [5.41, 5.74) is -1.25. The Balaban J connectivity index is 1.56. The second kappa shape index (κ2) is 10.1. The topological polar surface area (TPSA) is 126 Å². The third kappa shape index (κ3) is 5.85. The summed E-state index contributed by atoms with van der Waals surface area (Å²) in [6, 6.07) is 9.44. The molecule has 4 rings (SSSR count). The van der Waals surface area contributed by atoms with Crippen LogP contribution in [-0.2, 0) is 20.8 Å². The van der Waals surface area contributed by atoms with Crippen molar-refractivity contribution >= 4 is 21.4 Å². The number of amides is 1. The molecule has 1 N–H and O–H groups in total. The number of methoxy groups -OCH3 is 2. The first-order chi connectivity index (χ1) is 17.5. The second-order valence-electron chi connectivity index (χ2n) is 7.67. The van der Waals surface area contributed by atoms with E-state index in [1.54, 1.807) is 6.07 Å². The van der Waals surface area contributed by atoms with Crippen LogP contribution in [0.25, 0.3) is 11.3 Å². The van der Waals surface area contributed by atoms with Gasteiger partial charge in [-0.15, -0.1) is 0 Å². The summed E-state index contributed by atoms with van der Waals surface area (Å²) < 4.78 is 87.0. The lowest BCUT2D eigenvalue weighted by Gasteiger charge is -2.12. The summed E-state index contributed by atoms with van der Waals surface area (Å²) >= 11 is 0. The van der Waals surface area contributed by atoms with Crippen LogP contribution in [0.2, 0.25) is 0 Å². The zero-order chi connectivity index (χ0) is 26.8. The van der Waals surface area contributed by atoms with Crippen molar-refractivity contribution in [3.05, 3.63) is 48.2 Å². The van der Waals surface area contributed by atoms with E-state index in [0.29, 0.717) is 29.0 Å². The Morgan fingerprint density at radius 2 is 1.73 bits per heavy atom. The fraction of sp³-hybridized carbons (Fsp3) is 0.261. The number of ether oxygens (including phenoxy) is 4. The Hall–Kier alpha value is -4.07. The summed E-state index contributed by atoms with van der Waals surface area (Å²) in [6.45, 7) is -0.0542. The van der Waals surface area contributed by atoms with Crippen molar-refractivity contribution in [2.45, 2.75) is 17.8 Å². The lowest BCUT2D eigenvalue weighted by molar-refractivity contribution is -0.141. The van der Waals surface area contributed by atoms with E-state index in [4.69, 9.17) is 18.9 Å². The number of carbonyl (C=O) groups is 1. The molecule has 0 saturated heterocycles. The summed E-state index contributed by atoms with van der Waals surface area (Å²) in [7, 11) is -1.63. The maximum atomic E-state index is 13.5. The van der Waals surface area contributed by atoms with Crippen molar-refractivity contribution in [3.8, 4) is 34.3 Å². The highest BCUT2D eigenvalue weighted by atomic mass is 32.2. The average molecular weight is 539 g/mol. The minimum atomic E-state index is -4.94. The van der Waals surface area contributed by atoms with Crippen LogP contribution in [0.15, 0.2) is 47.6 Å². The van der Waals surface area contributed by atoms with Crippen LogP contribution in [0.5, 0.6) is 23.0 Å². The molecule has 0 atom stereocenters. The van der Waals surface area contributed by atoms with E-state index in [9.17, 15) is 26.4 Å². The van der Waals surface area contributed by atoms with Crippen LogP contribution in [0.3, 0.4) is 0 Å². The van der Waals surface area contributed by atoms with Crippen LogP contribution in [0.4, 0.5) is 18.9 Å². The fourth-order valence-corrected chi connectivity index (χ4v) is 4.48. The Morgan fingerprint density at radius 3 is 2.43 bits per heavy atom. The van der Waals surface area contributed by atoms with Gasteiger partial charge in [-0.25, -0.2) is 18.4 Å². The van der Waals surface area contributed by atoms with Crippen LogP contribution in [0.1, 0.15) is 12.1 Å². The number of alkyl halides is 3. The van der Waals surface area contributed by atoms with Gasteiger partial charge in [0.05, 0.1) is 25.7 Å². The van der Waals surface area contributed by atoms with Gasteiger partial charge < -0.3 is 24.3 Å². The van der Waals surface area contributed by atoms with E-state index in [1.165, 1.54) is 44.6 Å². The molecule has 0 bridgehead atoms. The van der Waals surface area contributed by atoms with E-state index in [0.717, 1.165) is 0 Å². The maximum Gasteiger partial charge on any atom is 0.433 e. The zero-order valence-corrected chi connectivity index (χ0v) is 20.3. The van der Waals surface area contributed by atoms with Crippen LogP contribution >= 0.6 is 0 Å². The largest absolute Gasteiger partial charge is 0.493 e. The highest BCUT2D eigenvalue weighted by molar-refractivity contribution is 7.91. The normalized spacial score (nSPS) is 12.8. The van der Waals surface area contributed by atoms with E-state index in [2.05, 4.69) is 15.3 Å². The van der Waals surface area contributed by atoms with Crippen LogP contribution < -0.4 is 24.3 Å². The van der Waals surface area contributed by atoms with Gasteiger partial charge in [-0.05, 0) is 36.4 Å². The Kier molecular flexibility index (Phi) is 7.12. The van der Waals surface area contributed by atoms with Crippen molar-refractivity contribution in [2.24, 2.45) is 0 Å². The van der Waals surface area contributed by atoms with Gasteiger partial charge in [-0.1, -0.05) is 0 Å². The number of fused-ring (bicyclic) bond motifs is 1. The number of anilines is 1. The molecule has 1 aromatic heterocycles. The Bertz CT molecular complexity index is 1450. The lowest BCUT2D eigenvalue weighted by Crippen LogP contribution is -2.20. The molecule has 196 valence electrons. The summed E-state index contributed by atoms with van der Waals surface area (Å²) in [6.07, 6.45) is -5.50. The minimum Gasteiger partial charge on any atom is -0.493 e. The first-order valence-electron chi connectivity index (χ1n) is 10.6. The highest BCUT2D eigenvalue weighted by Crippen LogP contribution is 2.37. The van der Waals surface area contributed by atoms with E-state index >= 15 is 0 Å². The summed E-state index contributed by atoms with van der Waals surface area (Å²) in [4.78, 5) is 19.5. The lowest BCUT2D eigenvalue weighted by atomic mass is 10.1. The monoisotopic (exact) mass is 539 g/mol. The van der Waals surface area contributed by atoms with E-state index < -0.39 is 44.9 Å². The summed E-state index contributed by atoms with van der Waals surface area (Å²) in [5, 5.41) is 1.46. The number of hydrogen-bond donors (Lipinski definition) is 1. The number of sulfone groups is 1. The van der Waals surface area contributed by atoms with Gasteiger partial charge in [0.15, 0.2) is 23.0 Å². The molecule has 1 aliphatic heterocycles. The smallest absolute Gasteiger partial charge is 0.433 e.